The molecule has 3 N–H and O–H groups in total. The van der Waals surface area contributed by atoms with Gasteiger partial charge in [-0.2, -0.15) is 0 Å². The van der Waals surface area contributed by atoms with Gasteiger partial charge in [0.15, 0.2) is 0 Å². The molecule has 1 aliphatic rings. The third-order valence-electron chi connectivity index (χ3n) is 2.98. The van der Waals surface area contributed by atoms with Crippen LogP contribution in [0.3, 0.4) is 0 Å². The molecule has 0 bridgehead atoms. The summed E-state index contributed by atoms with van der Waals surface area (Å²) in [5, 5.41) is 0.164. The molecule has 1 aliphatic carbocycles. The molecule has 0 heterocycles. The molecule has 1 fully saturated rings. The van der Waals surface area contributed by atoms with Crippen molar-refractivity contribution in [3.05, 3.63) is 26.7 Å². The van der Waals surface area contributed by atoms with Crippen LogP contribution in [0.2, 0.25) is 10.0 Å². The molecule has 0 amide bonds. The number of benzene rings is 1. The van der Waals surface area contributed by atoms with E-state index in [0.717, 1.165) is 12.8 Å². The van der Waals surface area contributed by atoms with Crippen LogP contribution in [-0.2, 0) is 10.0 Å². The Balaban J connectivity index is 0.00000200. The van der Waals surface area contributed by atoms with Gasteiger partial charge in [-0.05, 0) is 30.9 Å². The summed E-state index contributed by atoms with van der Waals surface area (Å²) in [6, 6.07) is 2.73. The van der Waals surface area contributed by atoms with E-state index in [1.807, 2.05) is 0 Å². The molecule has 0 aromatic heterocycles. The van der Waals surface area contributed by atoms with Crippen LogP contribution in [0.5, 0.6) is 0 Å². The summed E-state index contributed by atoms with van der Waals surface area (Å²) in [6.45, 7) is 0.260. The Kier molecular flexibility index (Phi) is 6.59. The fourth-order valence-electron chi connectivity index (χ4n) is 1.88. The fraction of sp³-hybridized carbons (Fsp3) is 0.455. The van der Waals surface area contributed by atoms with Crippen LogP contribution in [0.4, 0.5) is 0 Å². The molecular formula is C11H14BrCl3N2O2S. The third-order valence-corrected chi connectivity index (χ3v) is 5.85. The molecule has 0 aliphatic heterocycles. The molecule has 9 heteroatoms. The maximum absolute atomic E-state index is 12.3. The van der Waals surface area contributed by atoms with Gasteiger partial charge in [0.1, 0.15) is 4.90 Å². The zero-order valence-corrected chi connectivity index (χ0v) is 15.0. The van der Waals surface area contributed by atoms with E-state index < -0.39 is 10.0 Å². The van der Waals surface area contributed by atoms with Gasteiger partial charge < -0.3 is 5.73 Å². The first kappa shape index (κ1) is 18.5. The molecule has 1 aromatic rings. The summed E-state index contributed by atoms with van der Waals surface area (Å²) in [5.74, 6) is 0.313. The first-order valence-corrected chi connectivity index (χ1v) is 8.75. The molecule has 1 unspecified atom stereocenters. The topological polar surface area (TPSA) is 72.2 Å². The molecule has 2 rings (SSSR count). The predicted octanol–water partition coefficient (Wildman–Crippen LogP) is 3.19. The molecular weight excluding hydrogens is 410 g/mol. The summed E-state index contributed by atoms with van der Waals surface area (Å²) >= 11 is 15.2. The van der Waals surface area contributed by atoms with Crippen molar-refractivity contribution in [1.29, 1.82) is 0 Å². The van der Waals surface area contributed by atoms with Crippen molar-refractivity contribution in [3.63, 3.8) is 0 Å². The van der Waals surface area contributed by atoms with Crippen LogP contribution >= 0.6 is 51.5 Å². The summed E-state index contributed by atoms with van der Waals surface area (Å²) < 4.78 is 27.9. The Bertz CT molecular complexity index is 570. The minimum atomic E-state index is -3.77. The second kappa shape index (κ2) is 7.13. The van der Waals surface area contributed by atoms with Gasteiger partial charge in [0.25, 0.3) is 0 Å². The second-order valence-corrected chi connectivity index (χ2v) is 7.88. The van der Waals surface area contributed by atoms with Crippen LogP contribution in [0.1, 0.15) is 12.8 Å². The summed E-state index contributed by atoms with van der Waals surface area (Å²) in [7, 11) is -3.77. The number of rotatable bonds is 5. The largest absolute Gasteiger partial charge is 0.329 e. The predicted molar refractivity (Wildman–Crippen MR) is 87.3 cm³/mol. The highest BCUT2D eigenvalue weighted by atomic mass is 79.9. The Morgan fingerprint density at radius 3 is 2.25 bits per heavy atom. The van der Waals surface area contributed by atoms with Crippen molar-refractivity contribution in [2.24, 2.45) is 11.7 Å². The maximum Gasteiger partial charge on any atom is 0.243 e. The Morgan fingerprint density at radius 1 is 1.35 bits per heavy atom. The molecule has 114 valence electrons. The zero-order chi connectivity index (χ0) is 14.2. The van der Waals surface area contributed by atoms with Crippen molar-refractivity contribution in [2.45, 2.75) is 23.8 Å². The number of sulfonamides is 1. The van der Waals surface area contributed by atoms with Gasteiger partial charge in [0, 0.05) is 17.1 Å². The van der Waals surface area contributed by atoms with E-state index in [0.29, 0.717) is 10.4 Å². The number of nitrogens with two attached hydrogens (primary N) is 1. The lowest BCUT2D eigenvalue weighted by atomic mass is 10.2. The van der Waals surface area contributed by atoms with Gasteiger partial charge in [-0.15, -0.1) is 12.4 Å². The lowest BCUT2D eigenvalue weighted by Gasteiger charge is -2.17. The Hall–Kier alpha value is 0.440. The normalized spacial score (nSPS) is 16.6. The van der Waals surface area contributed by atoms with E-state index in [2.05, 4.69) is 20.7 Å². The number of hydrogen-bond donors (Lipinski definition) is 2. The quantitative estimate of drug-likeness (QED) is 0.763. The third kappa shape index (κ3) is 4.22. The molecule has 0 radical (unpaired) electrons. The van der Waals surface area contributed by atoms with Crippen LogP contribution < -0.4 is 10.5 Å². The number of halogens is 4. The van der Waals surface area contributed by atoms with Crippen LogP contribution in [0, 0.1) is 5.92 Å². The van der Waals surface area contributed by atoms with E-state index in [1.54, 1.807) is 0 Å². The van der Waals surface area contributed by atoms with E-state index in [9.17, 15) is 8.42 Å². The van der Waals surface area contributed by atoms with Crippen molar-refractivity contribution in [2.75, 3.05) is 6.54 Å². The standard InChI is InChI=1S/C11H13BrCl2N2O2S.ClH/c12-7-3-8(13)11(9(14)4-7)19(17,18)16-10(5-15)6-1-2-6;/h3-4,6,10,16H,1-2,5,15H2;1H. The lowest BCUT2D eigenvalue weighted by Crippen LogP contribution is -2.41. The smallest absolute Gasteiger partial charge is 0.243 e. The molecule has 0 spiro atoms. The number of nitrogens with one attached hydrogen (secondary N) is 1. The molecule has 1 saturated carbocycles. The van der Waals surface area contributed by atoms with Crippen molar-refractivity contribution in [3.8, 4) is 0 Å². The van der Waals surface area contributed by atoms with Crippen LogP contribution in [0.15, 0.2) is 21.5 Å². The monoisotopic (exact) mass is 422 g/mol. The second-order valence-electron chi connectivity index (χ2n) is 4.50. The molecule has 1 atom stereocenters. The van der Waals surface area contributed by atoms with Gasteiger partial charge in [-0.1, -0.05) is 39.1 Å². The first-order chi connectivity index (χ1) is 8.85. The highest BCUT2D eigenvalue weighted by Gasteiger charge is 2.34. The Morgan fingerprint density at radius 2 is 1.85 bits per heavy atom. The van der Waals surface area contributed by atoms with Gasteiger partial charge in [-0.3, -0.25) is 0 Å². The zero-order valence-electron chi connectivity index (χ0n) is 10.3. The summed E-state index contributed by atoms with van der Waals surface area (Å²) in [6.07, 6.45) is 1.98. The minimum Gasteiger partial charge on any atom is -0.329 e. The van der Waals surface area contributed by atoms with E-state index in [1.165, 1.54) is 12.1 Å². The van der Waals surface area contributed by atoms with Gasteiger partial charge in [0.05, 0.1) is 10.0 Å². The van der Waals surface area contributed by atoms with E-state index in [-0.39, 0.29) is 39.9 Å². The van der Waals surface area contributed by atoms with Gasteiger partial charge in [0.2, 0.25) is 10.0 Å². The molecule has 4 nitrogen and oxygen atoms in total. The van der Waals surface area contributed by atoms with E-state index >= 15 is 0 Å². The summed E-state index contributed by atoms with van der Waals surface area (Å²) in [5.41, 5.74) is 5.60. The van der Waals surface area contributed by atoms with Crippen molar-refractivity contribution >= 4 is 61.6 Å². The Labute approximate surface area is 143 Å². The molecule has 20 heavy (non-hydrogen) atoms. The van der Waals surface area contributed by atoms with Gasteiger partial charge in [-0.25, -0.2) is 13.1 Å². The van der Waals surface area contributed by atoms with E-state index in [4.69, 9.17) is 28.9 Å². The highest BCUT2D eigenvalue weighted by molar-refractivity contribution is 9.10. The molecule has 0 saturated heterocycles. The van der Waals surface area contributed by atoms with Crippen molar-refractivity contribution < 1.29 is 8.42 Å². The fourth-order valence-corrected chi connectivity index (χ4v) is 5.13. The van der Waals surface area contributed by atoms with Crippen LogP contribution in [0.25, 0.3) is 0 Å². The van der Waals surface area contributed by atoms with Crippen molar-refractivity contribution in [1.82, 2.24) is 4.72 Å². The summed E-state index contributed by atoms with van der Waals surface area (Å²) in [4.78, 5) is -0.0990. The molecule has 1 aromatic carbocycles. The highest BCUT2D eigenvalue weighted by Crippen LogP contribution is 2.35. The number of hydrogen-bond acceptors (Lipinski definition) is 3. The minimum absolute atomic E-state index is 0. The average molecular weight is 425 g/mol. The first-order valence-electron chi connectivity index (χ1n) is 5.72. The lowest BCUT2D eigenvalue weighted by molar-refractivity contribution is 0.519. The SMILES string of the molecule is Cl.NCC(NS(=O)(=O)c1c(Cl)cc(Br)cc1Cl)C1CC1. The maximum atomic E-state index is 12.3. The van der Waals surface area contributed by atoms with Gasteiger partial charge >= 0.3 is 0 Å². The average Bonchev–Trinajstić information content (AvgIpc) is 3.07. The van der Waals surface area contributed by atoms with Crippen LogP contribution in [-0.4, -0.2) is 21.0 Å².